The number of anilines is 1. The second-order valence-electron chi connectivity index (χ2n) is 6.13. The van der Waals surface area contributed by atoms with Gasteiger partial charge in [-0.15, -0.1) is 0 Å². The maximum atomic E-state index is 12.3. The zero-order valence-corrected chi connectivity index (χ0v) is 12.9. The van der Waals surface area contributed by atoms with Crippen LogP contribution in [0, 0.1) is 0 Å². The number of para-hydroxylation sites is 1. The summed E-state index contributed by atoms with van der Waals surface area (Å²) in [6, 6.07) is 7.59. The summed E-state index contributed by atoms with van der Waals surface area (Å²) in [5.41, 5.74) is 1.24. The number of amides is 1. The van der Waals surface area contributed by atoms with Gasteiger partial charge in [-0.25, -0.2) is 4.79 Å². The molecule has 0 bridgehead atoms. The molecule has 1 atom stereocenters. The molecule has 21 heavy (non-hydrogen) atoms. The first-order chi connectivity index (χ1) is 9.81. The molecule has 0 saturated carbocycles. The molecule has 5 heteroatoms. The molecule has 0 N–H and O–H groups in total. The van der Waals surface area contributed by atoms with E-state index in [4.69, 9.17) is 9.47 Å². The predicted molar refractivity (Wildman–Crippen MR) is 79.4 cm³/mol. The van der Waals surface area contributed by atoms with Gasteiger partial charge >= 0.3 is 12.1 Å². The Bertz CT molecular complexity index is 547. The van der Waals surface area contributed by atoms with E-state index < -0.39 is 5.60 Å². The minimum atomic E-state index is -0.549. The Hall–Kier alpha value is -2.04. The van der Waals surface area contributed by atoms with Crippen LogP contribution in [0.1, 0.15) is 38.7 Å². The first-order valence-corrected chi connectivity index (χ1v) is 6.98. The molecule has 0 aromatic heterocycles. The second-order valence-corrected chi connectivity index (χ2v) is 6.13. The van der Waals surface area contributed by atoms with E-state index in [9.17, 15) is 9.59 Å². The number of hydrogen-bond acceptors (Lipinski definition) is 4. The number of ether oxygens (including phenoxy) is 2. The first-order valence-electron chi connectivity index (χ1n) is 6.98. The number of benzene rings is 1. The lowest BCUT2D eigenvalue weighted by atomic mass is 9.98. The van der Waals surface area contributed by atoms with Gasteiger partial charge in [0.15, 0.2) is 0 Å². The van der Waals surface area contributed by atoms with E-state index in [1.165, 1.54) is 7.11 Å². The minimum Gasteiger partial charge on any atom is -0.469 e. The molecule has 1 aliphatic heterocycles. The zero-order chi connectivity index (χ0) is 15.6. The van der Waals surface area contributed by atoms with Gasteiger partial charge in [-0.3, -0.25) is 9.69 Å². The predicted octanol–water partition coefficient (Wildman–Crippen LogP) is 3.09. The van der Waals surface area contributed by atoms with Gasteiger partial charge in [-0.2, -0.15) is 0 Å². The first kappa shape index (κ1) is 15.4. The molecule has 0 spiro atoms. The Morgan fingerprint density at radius 3 is 2.57 bits per heavy atom. The number of carbonyl (C=O) groups is 2. The average Bonchev–Trinajstić information content (AvgIpc) is 2.76. The van der Waals surface area contributed by atoms with Crippen LogP contribution >= 0.6 is 0 Å². The zero-order valence-electron chi connectivity index (χ0n) is 12.9. The Labute approximate surface area is 124 Å². The monoisotopic (exact) mass is 291 g/mol. The third kappa shape index (κ3) is 3.54. The molecule has 1 aromatic rings. The van der Waals surface area contributed by atoms with Crippen molar-refractivity contribution in [1.82, 2.24) is 0 Å². The second kappa shape index (κ2) is 5.76. The van der Waals surface area contributed by atoms with E-state index in [-0.39, 0.29) is 24.4 Å². The molecule has 1 aromatic carbocycles. The van der Waals surface area contributed by atoms with E-state index >= 15 is 0 Å². The van der Waals surface area contributed by atoms with Crippen molar-refractivity contribution in [3.8, 4) is 0 Å². The van der Waals surface area contributed by atoms with E-state index in [1.807, 2.05) is 45.0 Å². The van der Waals surface area contributed by atoms with Crippen LogP contribution in [0.3, 0.4) is 0 Å². The van der Waals surface area contributed by atoms with Crippen molar-refractivity contribution < 1.29 is 19.1 Å². The Morgan fingerprint density at radius 1 is 1.29 bits per heavy atom. The summed E-state index contributed by atoms with van der Waals surface area (Å²) in [6.45, 7) is 5.93. The van der Waals surface area contributed by atoms with Gasteiger partial charge < -0.3 is 9.47 Å². The number of nitrogens with zero attached hydrogens (tertiary/aromatic N) is 1. The summed E-state index contributed by atoms with van der Waals surface area (Å²) < 4.78 is 10.2. The summed E-state index contributed by atoms with van der Waals surface area (Å²) in [7, 11) is 1.37. The van der Waals surface area contributed by atoms with Crippen molar-refractivity contribution in [2.45, 2.75) is 38.7 Å². The van der Waals surface area contributed by atoms with Gasteiger partial charge in [0.05, 0.1) is 19.2 Å². The molecule has 1 unspecified atom stereocenters. The van der Waals surface area contributed by atoms with Gasteiger partial charge in [-0.1, -0.05) is 18.2 Å². The molecular weight excluding hydrogens is 270 g/mol. The molecule has 2 rings (SSSR count). The summed E-state index contributed by atoms with van der Waals surface area (Å²) in [6.07, 6.45) is -0.130. The Balaban J connectivity index is 2.22. The Morgan fingerprint density at radius 2 is 1.95 bits per heavy atom. The van der Waals surface area contributed by atoms with Crippen LogP contribution in [-0.4, -0.2) is 31.3 Å². The van der Waals surface area contributed by atoms with Crippen LogP contribution in [0.2, 0.25) is 0 Å². The lowest BCUT2D eigenvalue weighted by Gasteiger charge is -2.25. The average molecular weight is 291 g/mol. The Kier molecular flexibility index (Phi) is 4.21. The van der Waals surface area contributed by atoms with Crippen molar-refractivity contribution in [2.24, 2.45) is 0 Å². The fourth-order valence-corrected chi connectivity index (χ4v) is 2.44. The molecular formula is C16H21NO4. The maximum absolute atomic E-state index is 12.3. The number of esters is 1. The number of hydrogen-bond donors (Lipinski definition) is 0. The van der Waals surface area contributed by atoms with Crippen molar-refractivity contribution in [2.75, 3.05) is 18.6 Å². The van der Waals surface area contributed by atoms with Crippen LogP contribution in [-0.2, 0) is 14.3 Å². The molecule has 0 aliphatic carbocycles. The molecule has 0 fully saturated rings. The highest BCUT2D eigenvalue weighted by atomic mass is 16.6. The van der Waals surface area contributed by atoms with Crippen LogP contribution in [0.4, 0.5) is 10.5 Å². The largest absolute Gasteiger partial charge is 0.469 e. The van der Waals surface area contributed by atoms with Crippen LogP contribution < -0.4 is 4.90 Å². The summed E-state index contributed by atoms with van der Waals surface area (Å²) in [5.74, 6) is -0.331. The standard InChI is InChI=1S/C16H21NO4/c1-16(2,3)21-15(19)17-10-11(9-14(18)20-4)12-7-5-6-8-13(12)17/h5-8,11H,9-10H2,1-4H3. The van der Waals surface area contributed by atoms with Crippen LogP contribution in [0.5, 0.6) is 0 Å². The SMILES string of the molecule is COC(=O)CC1CN(C(=O)OC(C)(C)C)c2ccccc21. The highest BCUT2D eigenvalue weighted by Gasteiger charge is 2.35. The van der Waals surface area contributed by atoms with Crippen molar-refractivity contribution in [3.05, 3.63) is 29.8 Å². The fraction of sp³-hybridized carbons (Fsp3) is 0.500. The number of rotatable bonds is 2. The smallest absolute Gasteiger partial charge is 0.414 e. The molecule has 1 heterocycles. The number of fused-ring (bicyclic) bond motifs is 1. The molecule has 5 nitrogen and oxygen atoms in total. The van der Waals surface area contributed by atoms with Crippen molar-refractivity contribution >= 4 is 17.7 Å². The summed E-state index contributed by atoms with van der Waals surface area (Å²) in [4.78, 5) is 25.4. The van der Waals surface area contributed by atoms with Gasteiger partial charge in [0.25, 0.3) is 0 Å². The van der Waals surface area contributed by atoms with Crippen LogP contribution in [0.25, 0.3) is 0 Å². The summed E-state index contributed by atoms with van der Waals surface area (Å²) >= 11 is 0. The number of carbonyl (C=O) groups excluding carboxylic acids is 2. The molecule has 114 valence electrons. The third-order valence-electron chi connectivity index (χ3n) is 3.32. The van der Waals surface area contributed by atoms with E-state index in [1.54, 1.807) is 4.90 Å². The van der Waals surface area contributed by atoms with Crippen molar-refractivity contribution in [1.29, 1.82) is 0 Å². The fourth-order valence-electron chi connectivity index (χ4n) is 2.44. The van der Waals surface area contributed by atoms with E-state index in [0.29, 0.717) is 6.54 Å². The number of methoxy groups -OCH3 is 1. The normalized spacial score (nSPS) is 17.3. The molecule has 1 aliphatic rings. The van der Waals surface area contributed by atoms with Gasteiger partial charge in [0.2, 0.25) is 0 Å². The highest BCUT2D eigenvalue weighted by Crippen LogP contribution is 2.38. The van der Waals surface area contributed by atoms with Gasteiger partial charge in [-0.05, 0) is 32.4 Å². The summed E-state index contributed by atoms with van der Waals surface area (Å²) in [5, 5.41) is 0. The lowest BCUT2D eigenvalue weighted by Crippen LogP contribution is -2.36. The van der Waals surface area contributed by atoms with E-state index in [0.717, 1.165) is 11.3 Å². The van der Waals surface area contributed by atoms with Gasteiger partial charge in [0, 0.05) is 12.5 Å². The molecule has 0 saturated heterocycles. The van der Waals surface area contributed by atoms with E-state index in [2.05, 4.69) is 0 Å². The maximum Gasteiger partial charge on any atom is 0.414 e. The molecule has 1 amide bonds. The topological polar surface area (TPSA) is 55.8 Å². The van der Waals surface area contributed by atoms with Gasteiger partial charge in [0.1, 0.15) is 5.60 Å². The minimum absolute atomic E-state index is 0.0545. The lowest BCUT2D eigenvalue weighted by molar-refractivity contribution is -0.141. The molecule has 0 radical (unpaired) electrons. The highest BCUT2D eigenvalue weighted by molar-refractivity contribution is 5.91. The van der Waals surface area contributed by atoms with Crippen LogP contribution in [0.15, 0.2) is 24.3 Å². The van der Waals surface area contributed by atoms with Crippen molar-refractivity contribution in [3.63, 3.8) is 0 Å². The quantitative estimate of drug-likeness (QED) is 0.786. The third-order valence-corrected chi connectivity index (χ3v) is 3.32.